The summed E-state index contributed by atoms with van der Waals surface area (Å²) >= 11 is 0. The maximum atomic E-state index is 12.2. The summed E-state index contributed by atoms with van der Waals surface area (Å²) in [6, 6.07) is 8.79. The fraction of sp³-hybridized carbons (Fsp3) is 0.125. The van der Waals surface area contributed by atoms with Crippen molar-refractivity contribution in [2.75, 3.05) is 5.32 Å². The van der Waals surface area contributed by atoms with Crippen molar-refractivity contribution in [3.05, 3.63) is 60.0 Å². The molecule has 0 saturated heterocycles. The highest BCUT2D eigenvalue weighted by Crippen LogP contribution is 2.13. The zero-order valence-corrected chi connectivity index (χ0v) is 14.0. The van der Waals surface area contributed by atoms with E-state index in [9.17, 15) is 13.2 Å². The highest BCUT2D eigenvalue weighted by atomic mass is 32.2. The van der Waals surface area contributed by atoms with Gasteiger partial charge in [0.15, 0.2) is 0 Å². The number of hydrogen-bond acceptors (Lipinski definition) is 4. The van der Waals surface area contributed by atoms with Crippen LogP contribution in [0.25, 0.3) is 5.65 Å². The van der Waals surface area contributed by atoms with E-state index >= 15 is 0 Å². The zero-order chi connectivity index (χ0) is 17.3. The van der Waals surface area contributed by atoms with Crippen molar-refractivity contribution in [2.45, 2.75) is 18.7 Å². The molecule has 0 aliphatic carbocycles. The Labute approximate surface area is 139 Å². The molecule has 2 N–H and O–H groups in total. The zero-order valence-electron chi connectivity index (χ0n) is 13.1. The number of carbonyl (C=O) groups excluding carboxylic acids is 1. The Bertz CT molecular complexity index is 1010. The number of aryl methyl sites for hydroxylation is 2. The highest BCUT2D eigenvalue weighted by Gasteiger charge is 2.17. The molecule has 2 heterocycles. The average Bonchev–Trinajstić information content (AvgIpc) is 2.86. The van der Waals surface area contributed by atoms with Gasteiger partial charge in [-0.2, -0.15) is 0 Å². The predicted octanol–water partition coefficient (Wildman–Crippen LogP) is 2.46. The number of nitrogens with one attached hydrogen (secondary N) is 2. The number of imidazole rings is 1. The molecular formula is C16H16N4O3S. The minimum absolute atomic E-state index is 0.0314. The van der Waals surface area contributed by atoms with Crippen molar-refractivity contribution in [1.82, 2.24) is 14.1 Å². The minimum Gasteiger partial charge on any atom is -0.306 e. The van der Waals surface area contributed by atoms with Crippen LogP contribution >= 0.6 is 0 Å². The maximum absolute atomic E-state index is 12.2. The summed E-state index contributed by atoms with van der Waals surface area (Å²) in [5.74, 6) is 0. The van der Waals surface area contributed by atoms with E-state index in [1.54, 1.807) is 34.9 Å². The molecule has 0 atom stereocenters. The molecule has 8 heteroatoms. The number of sulfonamides is 1. The van der Waals surface area contributed by atoms with Gasteiger partial charge in [-0.25, -0.2) is 22.9 Å². The van der Waals surface area contributed by atoms with Gasteiger partial charge in [-0.3, -0.25) is 0 Å². The van der Waals surface area contributed by atoms with Crippen LogP contribution in [-0.2, 0) is 10.0 Å². The molecule has 0 saturated carbocycles. The number of nitrogens with zero attached hydrogens (tertiary/aromatic N) is 2. The Balaban J connectivity index is 1.75. The second kappa shape index (κ2) is 5.97. The summed E-state index contributed by atoms with van der Waals surface area (Å²) in [6.45, 7) is 3.71. The second-order valence-corrected chi connectivity index (χ2v) is 7.12. The molecule has 0 bridgehead atoms. The number of carbonyl (C=O) groups is 1. The van der Waals surface area contributed by atoms with Crippen molar-refractivity contribution in [2.24, 2.45) is 0 Å². The standard InChI is InChI=1S/C16H16N4O3S/c1-11-3-6-14(7-4-11)24(22,23)19-16(21)18-13-5-8-15-17-12(2)9-20(15)10-13/h3-10H,1-2H3,(H2,18,19,21). The van der Waals surface area contributed by atoms with Crippen LogP contribution in [0, 0.1) is 13.8 Å². The van der Waals surface area contributed by atoms with Gasteiger partial charge in [0.25, 0.3) is 10.0 Å². The monoisotopic (exact) mass is 344 g/mol. The van der Waals surface area contributed by atoms with Gasteiger partial charge in [0.1, 0.15) is 5.65 Å². The van der Waals surface area contributed by atoms with Crippen molar-refractivity contribution < 1.29 is 13.2 Å². The van der Waals surface area contributed by atoms with Gasteiger partial charge >= 0.3 is 6.03 Å². The van der Waals surface area contributed by atoms with Gasteiger partial charge in [-0.15, -0.1) is 0 Å². The Kier molecular flexibility index (Phi) is 3.98. The molecule has 0 aliphatic heterocycles. The number of aromatic nitrogens is 2. The van der Waals surface area contributed by atoms with Gasteiger partial charge in [0, 0.05) is 12.4 Å². The molecule has 0 aliphatic rings. The molecule has 2 amide bonds. The smallest absolute Gasteiger partial charge is 0.306 e. The minimum atomic E-state index is -3.92. The summed E-state index contributed by atoms with van der Waals surface area (Å²) < 4.78 is 28.1. The van der Waals surface area contributed by atoms with E-state index in [1.165, 1.54) is 12.1 Å². The fourth-order valence-corrected chi connectivity index (χ4v) is 3.15. The number of fused-ring (bicyclic) bond motifs is 1. The molecule has 7 nitrogen and oxygen atoms in total. The lowest BCUT2D eigenvalue weighted by Crippen LogP contribution is -2.34. The number of amides is 2. The van der Waals surface area contributed by atoms with E-state index in [2.05, 4.69) is 10.3 Å². The molecular weight excluding hydrogens is 328 g/mol. The van der Waals surface area contributed by atoms with Gasteiger partial charge < -0.3 is 9.72 Å². The fourth-order valence-electron chi connectivity index (χ4n) is 2.25. The van der Waals surface area contributed by atoms with Crippen molar-refractivity contribution in [3.8, 4) is 0 Å². The maximum Gasteiger partial charge on any atom is 0.333 e. The Morgan fingerprint density at radius 3 is 2.46 bits per heavy atom. The first-order chi connectivity index (χ1) is 11.3. The number of urea groups is 1. The van der Waals surface area contributed by atoms with Crippen LogP contribution in [0.5, 0.6) is 0 Å². The third-order valence-electron chi connectivity index (χ3n) is 3.39. The van der Waals surface area contributed by atoms with Crippen LogP contribution in [0.2, 0.25) is 0 Å². The van der Waals surface area contributed by atoms with Crippen molar-refractivity contribution >= 4 is 27.4 Å². The molecule has 2 aromatic heterocycles. The molecule has 3 rings (SSSR count). The predicted molar refractivity (Wildman–Crippen MR) is 90.4 cm³/mol. The van der Waals surface area contributed by atoms with Gasteiger partial charge in [-0.05, 0) is 38.1 Å². The van der Waals surface area contributed by atoms with E-state index in [1.807, 2.05) is 24.8 Å². The number of pyridine rings is 1. The number of hydrogen-bond donors (Lipinski definition) is 2. The molecule has 0 radical (unpaired) electrons. The van der Waals surface area contributed by atoms with E-state index < -0.39 is 16.1 Å². The lowest BCUT2D eigenvalue weighted by Gasteiger charge is -2.09. The molecule has 3 aromatic rings. The summed E-state index contributed by atoms with van der Waals surface area (Å²) in [5, 5.41) is 2.50. The summed E-state index contributed by atoms with van der Waals surface area (Å²) in [5.41, 5.74) is 2.98. The molecule has 0 spiro atoms. The normalized spacial score (nSPS) is 11.4. The second-order valence-electron chi connectivity index (χ2n) is 5.44. The number of rotatable bonds is 3. The first-order valence-electron chi connectivity index (χ1n) is 7.19. The quantitative estimate of drug-likeness (QED) is 0.763. The summed E-state index contributed by atoms with van der Waals surface area (Å²) in [7, 11) is -3.92. The first-order valence-corrected chi connectivity index (χ1v) is 8.68. The van der Waals surface area contributed by atoms with E-state index in [0.29, 0.717) is 5.69 Å². The molecule has 0 unspecified atom stereocenters. The molecule has 24 heavy (non-hydrogen) atoms. The Morgan fingerprint density at radius 1 is 1.04 bits per heavy atom. The molecule has 1 aromatic carbocycles. The third kappa shape index (κ3) is 3.38. The van der Waals surface area contributed by atoms with E-state index in [0.717, 1.165) is 16.9 Å². The largest absolute Gasteiger partial charge is 0.333 e. The van der Waals surface area contributed by atoms with E-state index in [-0.39, 0.29) is 4.90 Å². The third-order valence-corrected chi connectivity index (χ3v) is 4.73. The van der Waals surface area contributed by atoms with Crippen LogP contribution in [-0.4, -0.2) is 23.8 Å². The van der Waals surface area contributed by atoms with Crippen molar-refractivity contribution in [3.63, 3.8) is 0 Å². The number of anilines is 1. The highest BCUT2D eigenvalue weighted by molar-refractivity contribution is 7.90. The lowest BCUT2D eigenvalue weighted by molar-refractivity contribution is 0.256. The molecule has 124 valence electrons. The SMILES string of the molecule is Cc1ccc(S(=O)(=O)NC(=O)Nc2ccc3nc(C)cn3c2)cc1. The van der Waals surface area contributed by atoms with E-state index in [4.69, 9.17) is 0 Å². The Morgan fingerprint density at radius 2 is 1.75 bits per heavy atom. The van der Waals surface area contributed by atoms with Crippen LogP contribution in [0.4, 0.5) is 10.5 Å². The topological polar surface area (TPSA) is 92.6 Å². The van der Waals surface area contributed by atoms with Crippen LogP contribution in [0.1, 0.15) is 11.3 Å². The van der Waals surface area contributed by atoms with Gasteiger partial charge in [0.05, 0.1) is 16.3 Å². The van der Waals surface area contributed by atoms with Crippen molar-refractivity contribution in [1.29, 1.82) is 0 Å². The number of benzene rings is 1. The Hall–Kier alpha value is -2.87. The summed E-state index contributed by atoms with van der Waals surface area (Å²) in [4.78, 5) is 16.3. The van der Waals surface area contributed by atoms with Crippen LogP contribution in [0.3, 0.4) is 0 Å². The average molecular weight is 344 g/mol. The van der Waals surface area contributed by atoms with Gasteiger partial charge in [0.2, 0.25) is 0 Å². The summed E-state index contributed by atoms with van der Waals surface area (Å²) in [6.07, 6.45) is 3.47. The lowest BCUT2D eigenvalue weighted by atomic mass is 10.2. The van der Waals surface area contributed by atoms with Crippen LogP contribution < -0.4 is 10.0 Å². The first kappa shape index (κ1) is 16.0. The van der Waals surface area contributed by atoms with Crippen LogP contribution in [0.15, 0.2) is 53.7 Å². The molecule has 0 fully saturated rings. The van der Waals surface area contributed by atoms with Gasteiger partial charge in [-0.1, -0.05) is 17.7 Å².